The van der Waals surface area contributed by atoms with Crippen LogP contribution in [0.3, 0.4) is 0 Å². The van der Waals surface area contributed by atoms with E-state index >= 15 is 0 Å². The van der Waals surface area contributed by atoms with Crippen LogP contribution in [0, 0.1) is 13.8 Å². The number of hydrogen-bond acceptors (Lipinski definition) is 3. The van der Waals surface area contributed by atoms with Crippen molar-refractivity contribution in [1.29, 1.82) is 0 Å². The molecule has 1 N–H and O–H groups in total. The summed E-state index contributed by atoms with van der Waals surface area (Å²) in [5.41, 5.74) is 7.60. The van der Waals surface area contributed by atoms with E-state index in [0.717, 1.165) is 39.5 Å². The molecule has 0 unspecified atom stereocenters. The van der Waals surface area contributed by atoms with Crippen molar-refractivity contribution in [3.05, 3.63) is 89.0 Å². The molecule has 0 amide bonds. The number of aromatic hydroxyl groups is 1. The zero-order valence-corrected chi connectivity index (χ0v) is 14.9. The third-order valence-electron chi connectivity index (χ3n) is 4.54. The summed E-state index contributed by atoms with van der Waals surface area (Å²) >= 11 is 0. The van der Waals surface area contributed by atoms with Crippen LogP contribution < -0.4 is 0 Å². The maximum Gasteiger partial charge on any atom is 0.124 e. The number of phenolic OH excluding ortho intramolecular Hbond substituents is 1. The van der Waals surface area contributed by atoms with Crippen LogP contribution in [-0.4, -0.2) is 16.5 Å². The van der Waals surface area contributed by atoms with Crippen molar-refractivity contribution < 1.29 is 5.11 Å². The Bertz CT molecular complexity index is 1050. The molecule has 0 aromatic heterocycles. The number of phenols is 1. The van der Waals surface area contributed by atoms with E-state index in [0.29, 0.717) is 6.42 Å². The van der Waals surface area contributed by atoms with Gasteiger partial charge in [0, 0.05) is 12.0 Å². The molecule has 0 aliphatic carbocycles. The molecule has 26 heavy (non-hydrogen) atoms. The Balaban J connectivity index is 1.90. The standard InChI is InChI=1S/C23H20N2O/c1-15-6-5-7-17(12-15)21-14-22(18-13-16(2)10-11-23(18)26)25-20-9-4-3-8-19(20)24-21/h3-13,26H,14H2,1-2H3. The van der Waals surface area contributed by atoms with E-state index in [4.69, 9.17) is 9.98 Å². The Kier molecular flexibility index (Phi) is 4.13. The molecule has 0 radical (unpaired) electrons. The lowest BCUT2D eigenvalue weighted by Crippen LogP contribution is -2.10. The van der Waals surface area contributed by atoms with Crippen LogP contribution in [0.1, 0.15) is 28.7 Å². The highest BCUT2D eigenvalue weighted by molar-refractivity contribution is 6.21. The van der Waals surface area contributed by atoms with Crippen LogP contribution >= 0.6 is 0 Å². The molecule has 1 aliphatic heterocycles. The Morgan fingerprint density at radius 3 is 2.15 bits per heavy atom. The highest BCUT2D eigenvalue weighted by atomic mass is 16.3. The van der Waals surface area contributed by atoms with Crippen LogP contribution in [0.25, 0.3) is 0 Å². The maximum absolute atomic E-state index is 10.4. The van der Waals surface area contributed by atoms with Gasteiger partial charge in [0.25, 0.3) is 0 Å². The zero-order valence-electron chi connectivity index (χ0n) is 14.9. The minimum Gasteiger partial charge on any atom is -0.507 e. The van der Waals surface area contributed by atoms with Gasteiger partial charge in [-0.3, -0.25) is 9.98 Å². The summed E-state index contributed by atoms with van der Waals surface area (Å²) in [6.07, 6.45) is 0.565. The average molecular weight is 340 g/mol. The van der Waals surface area contributed by atoms with Crippen LogP contribution in [0.2, 0.25) is 0 Å². The van der Waals surface area contributed by atoms with Crippen LogP contribution in [-0.2, 0) is 0 Å². The third-order valence-corrected chi connectivity index (χ3v) is 4.54. The molecule has 0 atom stereocenters. The highest BCUT2D eigenvalue weighted by Crippen LogP contribution is 2.34. The van der Waals surface area contributed by atoms with Crippen molar-refractivity contribution in [3.63, 3.8) is 0 Å². The predicted molar refractivity (Wildman–Crippen MR) is 107 cm³/mol. The minimum atomic E-state index is 0.248. The SMILES string of the molecule is Cc1cccc(C2=Nc3ccccc3N=C(c3cc(C)ccc3O)C2)c1. The fourth-order valence-electron chi connectivity index (χ4n) is 3.21. The Labute approximate surface area is 153 Å². The minimum absolute atomic E-state index is 0.248. The summed E-state index contributed by atoms with van der Waals surface area (Å²) in [5.74, 6) is 0.248. The van der Waals surface area contributed by atoms with Gasteiger partial charge in [-0.2, -0.15) is 0 Å². The number of benzene rings is 3. The molecule has 0 spiro atoms. The molecular weight excluding hydrogens is 320 g/mol. The molecular formula is C23H20N2O. The quantitative estimate of drug-likeness (QED) is 0.643. The second-order valence-electron chi connectivity index (χ2n) is 6.67. The van der Waals surface area contributed by atoms with E-state index in [-0.39, 0.29) is 5.75 Å². The topological polar surface area (TPSA) is 45.0 Å². The summed E-state index contributed by atoms with van der Waals surface area (Å²) in [6, 6.07) is 21.8. The Morgan fingerprint density at radius 1 is 0.731 bits per heavy atom. The summed E-state index contributed by atoms with van der Waals surface area (Å²) in [4.78, 5) is 9.75. The van der Waals surface area contributed by atoms with Gasteiger partial charge in [-0.25, -0.2) is 0 Å². The largest absolute Gasteiger partial charge is 0.507 e. The smallest absolute Gasteiger partial charge is 0.124 e. The summed E-state index contributed by atoms with van der Waals surface area (Å²) in [6.45, 7) is 4.10. The molecule has 1 aliphatic rings. The van der Waals surface area contributed by atoms with Crippen molar-refractivity contribution in [2.75, 3.05) is 0 Å². The summed E-state index contributed by atoms with van der Waals surface area (Å²) < 4.78 is 0. The van der Waals surface area contributed by atoms with Gasteiger partial charge >= 0.3 is 0 Å². The first-order valence-electron chi connectivity index (χ1n) is 8.71. The fraction of sp³-hybridized carbons (Fsp3) is 0.130. The molecule has 0 bridgehead atoms. The lowest BCUT2D eigenvalue weighted by atomic mass is 9.97. The van der Waals surface area contributed by atoms with Crippen molar-refractivity contribution in [1.82, 2.24) is 0 Å². The van der Waals surface area contributed by atoms with Crippen molar-refractivity contribution in [3.8, 4) is 5.75 Å². The first kappa shape index (κ1) is 16.3. The van der Waals surface area contributed by atoms with E-state index in [1.165, 1.54) is 5.56 Å². The van der Waals surface area contributed by atoms with E-state index in [1.807, 2.05) is 49.4 Å². The monoisotopic (exact) mass is 340 g/mol. The number of para-hydroxylation sites is 2. The molecule has 3 aromatic rings. The third kappa shape index (κ3) is 3.16. The fourth-order valence-corrected chi connectivity index (χ4v) is 3.21. The van der Waals surface area contributed by atoms with Gasteiger partial charge in [-0.1, -0.05) is 53.6 Å². The van der Waals surface area contributed by atoms with E-state index in [9.17, 15) is 5.11 Å². The van der Waals surface area contributed by atoms with Crippen molar-refractivity contribution in [2.45, 2.75) is 20.3 Å². The number of hydrogen-bond donors (Lipinski definition) is 1. The maximum atomic E-state index is 10.4. The molecule has 4 rings (SSSR count). The van der Waals surface area contributed by atoms with E-state index in [1.54, 1.807) is 6.07 Å². The number of aliphatic imine (C=N–C) groups is 2. The molecule has 0 fully saturated rings. The normalized spacial score (nSPS) is 13.5. The first-order chi connectivity index (χ1) is 12.6. The molecule has 128 valence electrons. The summed E-state index contributed by atoms with van der Waals surface area (Å²) in [7, 11) is 0. The molecule has 3 nitrogen and oxygen atoms in total. The predicted octanol–water partition coefficient (Wildman–Crippen LogP) is 5.65. The van der Waals surface area contributed by atoms with Gasteiger partial charge in [0.2, 0.25) is 0 Å². The summed E-state index contributed by atoms with van der Waals surface area (Å²) in [5, 5.41) is 10.4. The lowest BCUT2D eigenvalue weighted by molar-refractivity contribution is 0.474. The Morgan fingerprint density at radius 2 is 1.42 bits per heavy atom. The van der Waals surface area contributed by atoms with E-state index < -0.39 is 0 Å². The van der Waals surface area contributed by atoms with Crippen LogP contribution in [0.5, 0.6) is 5.75 Å². The lowest BCUT2D eigenvalue weighted by Gasteiger charge is -2.11. The van der Waals surface area contributed by atoms with Gasteiger partial charge in [0.05, 0.1) is 22.8 Å². The highest BCUT2D eigenvalue weighted by Gasteiger charge is 2.18. The van der Waals surface area contributed by atoms with Gasteiger partial charge in [-0.05, 0) is 43.7 Å². The van der Waals surface area contributed by atoms with Crippen LogP contribution in [0.15, 0.2) is 76.7 Å². The van der Waals surface area contributed by atoms with Crippen molar-refractivity contribution >= 4 is 22.8 Å². The van der Waals surface area contributed by atoms with Gasteiger partial charge in [0.15, 0.2) is 0 Å². The molecule has 0 saturated heterocycles. The second kappa shape index (κ2) is 6.60. The molecule has 1 heterocycles. The van der Waals surface area contributed by atoms with E-state index in [2.05, 4.69) is 25.1 Å². The van der Waals surface area contributed by atoms with Crippen LogP contribution in [0.4, 0.5) is 11.4 Å². The van der Waals surface area contributed by atoms with Gasteiger partial charge in [-0.15, -0.1) is 0 Å². The number of nitrogens with zero attached hydrogens (tertiary/aromatic N) is 2. The number of aryl methyl sites for hydroxylation is 2. The second-order valence-corrected chi connectivity index (χ2v) is 6.67. The van der Waals surface area contributed by atoms with Crippen molar-refractivity contribution in [2.24, 2.45) is 9.98 Å². The average Bonchev–Trinajstić information content (AvgIpc) is 2.83. The number of fused-ring (bicyclic) bond motifs is 1. The molecule has 3 heteroatoms. The molecule has 3 aromatic carbocycles. The Hall–Kier alpha value is -3.20. The number of rotatable bonds is 2. The first-order valence-corrected chi connectivity index (χ1v) is 8.71. The molecule has 0 saturated carbocycles. The zero-order chi connectivity index (χ0) is 18.1. The van der Waals surface area contributed by atoms with Gasteiger partial charge < -0.3 is 5.11 Å². The van der Waals surface area contributed by atoms with Gasteiger partial charge in [0.1, 0.15) is 5.75 Å².